The SMILES string of the molecule is CCC1CN(C2COCc3ccccc32)C(CC)CN1. The predicted molar refractivity (Wildman–Crippen MR) is 81.7 cm³/mol. The molecule has 1 N–H and O–H groups in total. The van der Waals surface area contributed by atoms with Gasteiger partial charge in [0.15, 0.2) is 0 Å². The number of nitrogens with one attached hydrogen (secondary N) is 1. The van der Waals surface area contributed by atoms with Crippen LogP contribution in [0.25, 0.3) is 0 Å². The molecular formula is C17H26N2O. The van der Waals surface area contributed by atoms with Gasteiger partial charge < -0.3 is 10.1 Å². The summed E-state index contributed by atoms with van der Waals surface area (Å²) in [4.78, 5) is 2.68. The fourth-order valence-corrected chi connectivity index (χ4v) is 3.56. The lowest BCUT2D eigenvalue weighted by atomic mass is 9.94. The molecule has 3 atom stereocenters. The Balaban J connectivity index is 1.86. The van der Waals surface area contributed by atoms with Crippen LogP contribution in [0.15, 0.2) is 24.3 Å². The molecule has 3 nitrogen and oxygen atoms in total. The largest absolute Gasteiger partial charge is 0.375 e. The molecule has 1 aromatic carbocycles. The van der Waals surface area contributed by atoms with Gasteiger partial charge in [0.05, 0.1) is 19.3 Å². The summed E-state index contributed by atoms with van der Waals surface area (Å²) >= 11 is 0. The van der Waals surface area contributed by atoms with Gasteiger partial charge in [-0.25, -0.2) is 0 Å². The molecule has 3 heteroatoms. The second-order valence-electron chi connectivity index (χ2n) is 6.00. The molecule has 0 spiro atoms. The topological polar surface area (TPSA) is 24.5 Å². The Morgan fingerprint density at radius 1 is 1.25 bits per heavy atom. The molecule has 2 aliphatic rings. The van der Waals surface area contributed by atoms with E-state index in [1.54, 1.807) is 0 Å². The zero-order valence-electron chi connectivity index (χ0n) is 12.6. The summed E-state index contributed by atoms with van der Waals surface area (Å²) in [5, 5.41) is 3.68. The summed E-state index contributed by atoms with van der Waals surface area (Å²) in [6.07, 6.45) is 2.39. The van der Waals surface area contributed by atoms with Crippen LogP contribution in [0.3, 0.4) is 0 Å². The van der Waals surface area contributed by atoms with E-state index in [1.807, 2.05) is 0 Å². The molecule has 0 bridgehead atoms. The lowest BCUT2D eigenvalue weighted by Crippen LogP contribution is -2.57. The van der Waals surface area contributed by atoms with E-state index >= 15 is 0 Å². The maximum absolute atomic E-state index is 5.86. The fraction of sp³-hybridized carbons (Fsp3) is 0.647. The maximum atomic E-state index is 5.86. The number of hydrogen-bond acceptors (Lipinski definition) is 3. The standard InChI is InChI=1S/C17H26N2O/c1-3-14-10-19(15(4-2)9-18-14)17-12-20-11-13-7-5-6-8-16(13)17/h5-8,14-15,17-18H,3-4,9-12H2,1-2H3. The van der Waals surface area contributed by atoms with Gasteiger partial charge in [0, 0.05) is 25.2 Å². The Kier molecular flexibility index (Phi) is 4.39. The minimum atomic E-state index is 0.432. The van der Waals surface area contributed by atoms with Crippen molar-refractivity contribution < 1.29 is 4.74 Å². The van der Waals surface area contributed by atoms with E-state index in [1.165, 1.54) is 24.0 Å². The van der Waals surface area contributed by atoms with Crippen molar-refractivity contribution in [1.82, 2.24) is 10.2 Å². The van der Waals surface area contributed by atoms with Gasteiger partial charge in [0.1, 0.15) is 0 Å². The third-order valence-electron chi connectivity index (χ3n) is 4.85. The predicted octanol–water partition coefficient (Wildman–Crippen LogP) is 2.72. The van der Waals surface area contributed by atoms with Crippen LogP contribution in [-0.4, -0.2) is 36.7 Å². The van der Waals surface area contributed by atoms with Crippen molar-refractivity contribution in [2.24, 2.45) is 0 Å². The minimum Gasteiger partial charge on any atom is -0.375 e. The number of hydrogen-bond donors (Lipinski definition) is 1. The van der Waals surface area contributed by atoms with Crippen LogP contribution < -0.4 is 5.32 Å². The highest BCUT2D eigenvalue weighted by molar-refractivity contribution is 5.31. The Bertz CT molecular complexity index is 448. The van der Waals surface area contributed by atoms with Crippen molar-refractivity contribution in [1.29, 1.82) is 0 Å². The van der Waals surface area contributed by atoms with Crippen LogP contribution in [0.2, 0.25) is 0 Å². The van der Waals surface area contributed by atoms with Crippen LogP contribution in [-0.2, 0) is 11.3 Å². The van der Waals surface area contributed by atoms with Crippen LogP contribution in [0.4, 0.5) is 0 Å². The van der Waals surface area contributed by atoms with Gasteiger partial charge in [-0.15, -0.1) is 0 Å². The summed E-state index contributed by atoms with van der Waals surface area (Å²) < 4.78 is 5.86. The van der Waals surface area contributed by atoms with Gasteiger partial charge in [-0.3, -0.25) is 4.90 Å². The maximum Gasteiger partial charge on any atom is 0.0721 e. The molecule has 1 fully saturated rings. The zero-order valence-corrected chi connectivity index (χ0v) is 12.6. The van der Waals surface area contributed by atoms with E-state index in [2.05, 4.69) is 48.3 Å². The Labute approximate surface area is 122 Å². The van der Waals surface area contributed by atoms with E-state index in [0.717, 1.165) is 26.3 Å². The monoisotopic (exact) mass is 274 g/mol. The molecule has 0 aromatic heterocycles. The summed E-state index contributed by atoms with van der Waals surface area (Å²) in [6, 6.07) is 10.5. The summed E-state index contributed by atoms with van der Waals surface area (Å²) in [5.74, 6) is 0. The Morgan fingerprint density at radius 2 is 2.10 bits per heavy atom. The molecule has 0 radical (unpaired) electrons. The fourth-order valence-electron chi connectivity index (χ4n) is 3.56. The first kappa shape index (κ1) is 14.1. The molecule has 3 rings (SSSR count). The van der Waals surface area contributed by atoms with Crippen molar-refractivity contribution in [3.05, 3.63) is 35.4 Å². The zero-order chi connectivity index (χ0) is 13.9. The molecular weight excluding hydrogens is 248 g/mol. The van der Waals surface area contributed by atoms with Crippen molar-refractivity contribution in [3.8, 4) is 0 Å². The average Bonchev–Trinajstić information content (AvgIpc) is 2.53. The summed E-state index contributed by atoms with van der Waals surface area (Å²) in [6.45, 7) is 8.41. The van der Waals surface area contributed by atoms with Gasteiger partial charge in [-0.05, 0) is 24.0 Å². The second kappa shape index (κ2) is 6.25. The van der Waals surface area contributed by atoms with Gasteiger partial charge in [0.2, 0.25) is 0 Å². The summed E-state index contributed by atoms with van der Waals surface area (Å²) in [7, 11) is 0. The van der Waals surface area contributed by atoms with Gasteiger partial charge in [-0.1, -0.05) is 38.1 Å². The number of nitrogens with zero attached hydrogens (tertiary/aromatic N) is 1. The van der Waals surface area contributed by atoms with E-state index in [9.17, 15) is 0 Å². The number of benzene rings is 1. The first-order chi connectivity index (χ1) is 9.83. The molecule has 2 aliphatic heterocycles. The molecule has 0 aliphatic carbocycles. The number of ether oxygens (including phenoxy) is 1. The first-order valence-corrected chi connectivity index (χ1v) is 7.98. The van der Waals surface area contributed by atoms with Crippen LogP contribution in [0, 0.1) is 0 Å². The van der Waals surface area contributed by atoms with E-state index in [4.69, 9.17) is 4.74 Å². The smallest absolute Gasteiger partial charge is 0.0721 e. The molecule has 2 heterocycles. The van der Waals surface area contributed by atoms with Gasteiger partial charge in [0.25, 0.3) is 0 Å². The minimum absolute atomic E-state index is 0.432. The lowest BCUT2D eigenvalue weighted by molar-refractivity contribution is -0.00450. The molecule has 110 valence electrons. The van der Waals surface area contributed by atoms with Crippen LogP contribution >= 0.6 is 0 Å². The van der Waals surface area contributed by atoms with Crippen molar-refractivity contribution in [3.63, 3.8) is 0 Å². The van der Waals surface area contributed by atoms with E-state index in [-0.39, 0.29) is 0 Å². The molecule has 0 amide bonds. The molecule has 3 unspecified atom stereocenters. The number of piperazine rings is 1. The van der Waals surface area contributed by atoms with Crippen LogP contribution in [0.5, 0.6) is 0 Å². The second-order valence-corrected chi connectivity index (χ2v) is 6.00. The van der Waals surface area contributed by atoms with Crippen molar-refractivity contribution in [2.45, 2.75) is 51.4 Å². The Morgan fingerprint density at radius 3 is 2.90 bits per heavy atom. The normalized spacial score (nSPS) is 31.0. The van der Waals surface area contributed by atoms with E-state index in [0.29, 0.717) is 18.1 Å². The van der Waals surface area contributed by atoms with Crippen LogP contribution in [0.1, 0.15) is 43.9 Å². The molecule has 1 aromatic rings. The summed E-state index contributed by atoms with van der Waals surface area (Å²) in [5.41, 5.74) is 2.85. The first-order valence-electron chi connectivity index (χ1n) is 7.98. The molecule has 0 saturated carbocycles. The van der Waals surface area contributed by atoms with Gasteiger partial charge >= 0.3 is 0 Å². The highest BCUT2D eigenvalue weighted by atomic mass is 16.5. The number of fused-ring (bicyclic) bond motifs is 1. The Hall–Kier alpha value is -0.900. The third kappa shape index (κ3) is 2.62. The van der Waals surface area contributed by atoms with Crippen molar-refractivity contribution in [2.75, 3.05) is 19.7 Å². The molecule has 1 saturated heterocycles. The quantitative estimate of drug-likeness (QED) is 0.917. The average molecular weight is 274 g/mol. The third-order valence-corrected chi connectivity index (χ3v) is 4.85. The van der Waals surface area contributed by atoms with Crippen molar-refractivity contribution >= 4 is 0 Å². The van der Waals surface area contributed by atoms with Gasteiger partial charge in [-0.2, -0.15) is 0 Å². The lowest BCUT2D eigenvalue weighted by Gasteiger charge is -2.46. The highest BCUT2D eigenvalue weighted by Crippen LogP contribution is 2.32. The number of rotatable bonds is 3. The highest BCUT2D eigenvalue weighted by Gasteiger charge is 2.34. The molecule has 20 heavy (non-hydrogen) atoms. The van der Waals surface area contributed by atoms with E-state index < -0.39 is 0 Å².